The number of nitro groups is 1. The van der Waals surface area contributed by atoms with E-state index in [0.29, 0.717) is 34.8 Å². The van der Waals surface area contributed by atoms with E-state index in [1.807, 2.05) is 0 Å². The van der Waals surface area contributed by atoms with Gasteiger partial charge in [0.05, 0.1) is 22.4 Å². The Bertz CT molecular complexity index is 1120. The van der Waals surface area contributed by atoms with Crippen LogP contribution in [-0.2, 0) is 0 Å². The molecular formula is C22H20N4O4. The molecule has 1 aromatic heterocycles. The first-order valence-electron chi connectivity index (χ1n) is 9.11. The van der Waals surface area contributed by atoms with E-state index in [4.69, 9.17) is 9.47 Å². The lowest BCUT2D eigenvalue weighted by Gasteiger charge is -2.11. The largest absolute Gasteiger partial charge is 0.487 e. The van der Waals surface area contributed by atoms with Crippen LogP contribution in [-0.4, -0.2) is 21.5 Å². The molecule has 0 aliphatic carbocycles. The number of ether oxygens (including phenoxy) is 2. The Morgan fingerprint density at radius 2 is 2.00 bits per heavy atom. The fraction of sp³-hybridized carbons (Fsp3) is 0.0909. The van der Waals surface area contributed by atoms with E-state index >= 15 is 0 Å². The van der Waals surface area contributed by atoms with Crippen LogP contribution in [0.4, 0.5) is 17.2 Å². The van der Waals surface area contributed by atoms with E-state index in [1.165, 1.54) is 12.4 Å². The highest BCUT2D eigenvalue weighted by atomic mass is 16.6. The minimum Gasteiger partial charge on any atom is -0.487 e. The standard InChI is InChI=1S/C22H20N4O4/c1-4-7-16(5-2)30-17-10-8-15(9-11-17)25-22-18-12-20(26(27)28)21(29-6-3)13-19(18)23-14-24-22/h4-5,7-14H,1-2,6H2,3H3,(H,23,24,25)/b16-7+. The first-order chi connectivity index (χ1) is 14.5. The fourth-order valence-electron chi connectivity index (χ4n) is 2.72. The number of anilines is 2. The van der Waals surface area contributed by atoms with Crippen LogP contribution in [0.1, 0.15) is 6.92 Å². The van der Waals surface area contributed by atoms with Gasteiger partial charge >= 0.3 is 5.69 Å². The molecule has 0 spiro atoms. The summed E-state index contributed by atoms with van der Waals surface area (Å²) in [5.41, 5.74) is 1.12. The van der Waals surface area contributed by atoms with Crippen molar-refractivity contribution in [1.29, 1.82) is 0 Å². The minimum atomic E-state index is -0.485. The van der Waals surface area contributed by atoms with Gasteiger partial charge in [0.2, 0.25) is 0 Å². The summed E-state index contributed by atoms with van der Waals surface area (Å²) < 4.78 is 11.1. The van der Waals surface area contributed by atoms with Crippen molar-refractivity contribution < 1.29 is 14.4 Å². The van der Waals surface area contributed by atoms with Gasteiger partial charge in [-0.05, 0) is 43.3 Å². The summed E-state index contributed by atoms with van der Waals surface area (Å²) in [5.74, 6) is 1.81. The van der Waals surface area contributed by atoms with Crippen molar-refractivity contribution in [1.82, 2.24) is 9.97 Å². The molecular weight excluding hydrogens is 384 g/mol. The number of aromatic nitrogens is 2. The highest BCUT2D eigenvalue weighted by molar-refractivity contribution is 5.93. The van der Waals surface area contributed by atoms with Gasteiger partial charge < -0.3 is 14.8 Å². The number of nitrogens with one attached hydrogen (secondary N) is 1. The van der Waals surface area contributed by atoms with Crippen LogP contribution < -0.4 is 14.8 Å². The molecule has 0 saturated heterocycles. The van der Waals surface area contributed by atoms with E-state index in [0.717, 1.165) is 5.69 Å². The molecule has 1 heterocycles. The second-order valence-corrected chi connectivity index (χ2v) is 6.01. The SMILES string of the molecule is C=C/C=C(\C=C)Oc1ccc(Nc2ncnc3cc(OCC)c([N+](=O)[O-])cc23)cc1. The second kappa shape index (κ2) is 9.33. The molecule has 0 fully saturated rings. The monoisotopic (exact) mass is 404 g/mol. The minimum absolute atomic E-state index is 0.142. The van der Waals surface area contributed by atoms with E-state index in [2.05, 4.69) is 28.4 Å². The second-order valence-electron chi connectivity index (χ2n) is 6.01. The van der Waals surface area contributed by atoms with Crippen molar-refractivity contribution in [3.8, 4) is 11.5 Å². The first kappa shape index (κ1) is 20.5. The van der Waals surface area contributed by atoms with E-state index < -0.39 is 4.92 Å². The highest BCUT2D eigenvalue weighted by Crippen LogP contribution is 2.34. The van der Waals surface area contributed by atoms with Gasteiger partial charge in [0.1, 0.15) is 23.7 Å². The predicted octanol–water partition coefficient (Wildman–Crippen LogP) is 5.32. The summed E-state index contributed by atoms with van der Waals surface area (Å²) in [6, 6.07) is 10.1. The fourth-order valence-corrected chi connectivity index (χ4v) is 2.72. The van der Waals surface area contributed by atoms with Crippen molar-refractivity contribution in [2.24, 2.45) is 0 Å². The quantitative estimate of drug-likeness (QED) is 0.223. The highest BCUT2D eigenvalue weighted by Gasteiger charge is 2.19. The van der Waals surface area contributed by atoms with Gasteiger partial charge in [-0.3, -0.25) is 10.1 Å². The molecule has 3 rings (SSSR count). The Hall–Kier alpha value is -4.20. The molecule has 8 nitrogen and oxygen atoms in total. The zero-order valence-corrected chi connectivity index (χ0v) is 16.4. The van der Waals surface area contributed by atoms with E-state index in [1.54, 1.807) is 55.5 Å². The third-order valence-electron chi connectivity index (χ3n) is 4.05. The molecule has 0 saturated carbocycles. The molecule has 0 radical (unpaired) electrons. The molecule has 0 bridgehead atoms. The Morgan fingerprint density at radius 3 is 2.63 bits per heavy atom. The third-order valence-corrected chi connectivity index (χ3v) is 4.05. The van der Waals surface area contributed by atoms with Crippen molar-refractivity contribution >= 4 is 28.1 Å². The summed E-state index contributed by atoms with van der Waals surface area (Å²) in [6.07, 6.45) is 6.29. The molecule has 0 aliphatic rings. The normalized spacial score (nSPS) is 11.0. The van der Waals surface area contributed by atoms with Crippen molar-refractivity contribution in [2.75, 3.05) is 11.9 Å². The van der Waals surface area contributed by atoms with Crippen LogP contribution >= 0.6 is 0 Å². The van der Waals surface area contributed by atoms with Gasteiger partial charge in [-0.2, -0.15) is 0 Å². The average Bonchev–Trinajstić information content (AvgIpc) is 2.74. The molecule has 3 aromatic rings. The number of allylic oxidation sites excluding steroid dienone is 3. The van der Waals surface area contributed by atoms with Crippen molar-refractivity contribution in [3.63, 3.8) is 0 Å². The molecule has 8 heteroatoms. The van der Waals surface area contributed by atoms with Gasteiger partial charge in [-0.15, -0.1) is 0 Å². The van der Waals surface area contributed by atoms with Gasteiger partial charge in [0, 0.05) is 17.8 Å². The summed E-state index contributed by atoms with van der Waals surface area (Å²) in [6.45, 7) is 9.40. The summed E-state index contributed by atoms with van der Waals surface area (Å²) in [5, 5.41) is 15.1. The molecule has 0 atom stereocenters. The maximum atomic E-state index is 11.4. The Balaban J connectivity index is 1.91. The molecule has 1 N–H and O–H groups in total. The number of hydrogen-bond donors (Lipinski definition) is 1. The van der Waals surface area contributed by atoms with Gasteiger partial charge in [-0.1, -0.05) is 19.2 Å². The summed E-state index contributed by atoms with van der Waals surface area (Å²) in [4.78, 5) is 19.4. The molecule has 2 aromatic carbocycles. The summed E-state index contributed by atoms with van der Waals surface area (Å²) >= 11 is 0. The Labute approximate surface area is 173 Å². The van der Waals surface area contributed by atoms with Crippen LogP contribution in [0.3, 0.4) is 0 Å². The van der Waals surface area contributed by atoms with Crippen LogP contribution in [0, 0.1) is 10.1 Å². The maximum absolute atomic E-state index is 11.4. The number of hydrogen-bond acceptors (Lipinski definition) is 7. The Morgan fingerprint density at radius 1 is 1.23 bits per heavy atom. The molecule has 0 unspecified atom stereocenters. The maximum Gasteiger partial charge on any atom is 0.311 e. The van der Waals surface area contributed by atoms with Gasteiger partial charge in [0.25, 0.3) is 0 Å². The van der Waals surface area contributed by atoms with Crippen LogP contribution in [0.15, 0.2) is 79.9 Å². The molecule has 0 aliphatic heterocycles. The van der Waals surface area contributed by atoms with Crippen molar-refractivity contribution in [2.45, 2.75) is 6.92 Å². The number of benzene rings is 2. The molecule has 152 valence electrons. The molecule has 0 amide bonds. The van der Waals surface area contributed by atoms with Crippen molar-refractivity contribution in [3.05, 3.63) is 90.0 Å². The number of rotatable bonds is 9. The topological polar surface area (TPSA) is 99.4 Å². The Kier molecular flexibility index (Phi) is 6.39. The van der Waals surface area contributed by atoms with E-state index in [-0.39, 0.29) is 11.4 Å². The van der Waals surface area contributed by atoms with Gasteiger partial charge in [-0.25, -0.2) is 9.97 Å². The molecule has 30 heavy (non-hydrogen) atoms. The predicted molar refractivity (Wildman–Crippen MR) is 116 cm³/mol. The lowest BCUT2D eigenvalue weighted by molar-refractivity contribution is -0.385. The van der Waals surface area contributed by atoms with Crippen LogP contribution in [0.25, 0.3) is 10.9 Å². The zero-order valence-electron chi connectivity index (χ0n) is 16.4. The van der Waals surface area contributed by atoms with Crippen LogP contribution in [0.5, 0.6) is 11.5 Å². The smallest absolute Gasteiger partial charge is 0.311 e. The number of nitrogens with zero attached hydrogens (tertiary/aromatic N) is 3. The van der Waals surface area contributed by atoms with Gasteiger partial charge in [0.15, 0.2) is 5.75 Å². The third kappa shape index (κ3) is 4.61. The summed E-state index contributed by atoms with van der Waals surface area (Å²) in [7, 11) is 0. The van der Waals surface area contributed by atoms with Crippen LogP contribution in [0.2, 0.25) is 0 Å². The lowest BCUT2D eigenvalue weighted by atomic mass is 10.2. The number of nitro benzene ring substituents is 1. The first-order valence-corrected chi connectivity index (χ1v) is 9.11. The lowest BCUT2D eigenvalue weighted by Crippen LogP contribution is -2.00. The zero-order chi connectivity index (χ0) is 21.5. The van der Waals surface area contributed by atoms with E-state index in [9.17, 15) is 10.1 Å². The average molecular weight is 404 g/mol. The number of fused-ring (bicyclic) bond motifs is 1.